The quantitative estimate of drug-likeness (QED) is 0.863. The van der Waals surface area contributed by atoms with Gasteiger partial charge in [0.15, 0.2) is 0 Å². The van der Waals surface area contributed by atoms with E-state index in [9.17, 15) is 23.2 Å². The van der Waals surface area contributed by atoms with E-state index >= 15 is 0 Å². The fraction of sp³-hybridized carbons (Fsp3) is 0.286. The maximum absolute atomic E-state index is 13.3. The van der Waals surface area contributed by atoms with Gasteiger partial charge in [0, 0.05) is 49.6 Å². The second-order valence-electron chi connectivity index (χ2n) is 7.29. The van der Waals surface area contributed by atoms with Gasteiger partial charge in [-0.3, -0.25) is 14.4 Å². The van der Waals surface area contributed by atoms with Crippen molar-refractivity contribution in [3.8, 4) is 0 Å². The minimum atomic E-state index is -0.790. The molecule has 4 rings (SSSR count). The van der Waals surface area contributed by atoms with E-state index in [1.54, 1.807) is 11.0 Å². The van der Waals surface area contributed by atoms with Gasteiger partial charge < -0.3 is 15.1 Å². The molecule has 2 aliphatic rings. The first-order valence-corrected chi connectivity index (χ1v) is 9.30. The molecule has 0 aliphatic carbocycles. The number of rotatable bonds is 3. The van der Waals surface area contributed by atoms with Crippen LogP contribution in [0.3, 0.4) is 0 Å². The van der Waals surface area contributed by atoms with E-state index < -0.39 is 23.5 Å². The number of carbonyl (C=O) groups excluding carboxylic acids is 3. The highest BCUT2D eigenvalue weighted by Crippen LogP contribution is 2.34. The van der Waals surface area contributed by atoms with E-state index in [4.69, 9.17) is 0 Å². The fourth-order valence-corrected chi connectivity index (χ4v) is 3.89. The van der Waals surface area contributed by atoms with Gasteiger partial charge >= 0.3 is 0 Å². The number of benzene rings is 2. The van der Waals surface area contributed by atoms with E-state index in [1.807, 2.05) is 12.1 Å². The molecule has 3 amide bonds. The molecule has 2 aliphatic heterocycles. The van der Waals surface area contributed by atoms with Gasteiger partial charge in [-0.25, -0.2) is 8.78 Å². The molecule has 0 unspecified atom stereocenters. The molecule has 0 radical (unpaired) electrons. The number of hydrogen-bond acceptors (Lipinski definition) is 3. The fourth-order valence-electron chi connectivity index (χ4n) is 3.89. The van der Waals surface area contributed by atoms with Crippen LogP contribution in [0.5, 0.6) is 0 Å². The highest BCUT2D eigenvalue weighted by Gasteiger charge is 2.36. The molecule has 6 nitrogen and oxygen atoms in total. The van der Waals surface area contributed by atoms with Crippen molar-refractivity contribution in [2.24, 2.45) is 5.92 Å². The molecule has 150 valence electrons. The van der Waals surface area contributed by atoms with Crippen molar-refractivity contribution in [3.05, 3.63) is 53.6 Å². The van der Waals surface area contributed by atoms with Crippen LogP contribution < -0.4 is 15.1 Å². The third-order valence-electron chi connectivity index (χ3n) is 5.28. The average Bonchev–Trinajstić information content (AvgIpc) is 3.23. The first-order chi connectivity index (χ1) is 13.8. The molecule has 0 saturated carbocycles. The van der Waals surface area contributed by atoms with Crippen molar-refractivity contribution < 1.29 is 23.2 Å². The largest absolute Gasteiger partial charge is 0.326 e. The zero-order valence-electron chi connectivity index (χ0n) is 15.7. The highest BCUT2D eigenvalue weighted by atomic mass is 19.1. The van der Waals surface area contributed by atoms with Crippen LogP contribution in [0, 0.1) is 17.6 Å². The average molecular weight is 399 g/mol. The van der Waals surface area contributed by atoms with E-state index in [0.29, 0.717) is 18.7 Å². The van der Waals surface area contributed by atoms with Gasteiger partial charge in [0.05, 0.1) is 5.92 Å². The summed E-state index contributed by atoms with van der Waals surface area (Å²) < 4.78 is 26.6. The first-order valence-electron chi connectivity index (χ1n) is 9.30. The Hall–Kier alpha value is -3.29. The van der Waals surface area contributed by atoms with E-state index in [-0.39, 0.29) is 30.5 Å². The molecule has 1 saturated heterocycles. The van der Waals surface area contributed by atoms with Gasteiger partial charge in [-0.15, -0.1) is 0 Å². The molecule has 1 N–H and O–H groups in total. The van der Waals surface area contributed by atoms with Crippen LogP contribution in [0.1, 0.15) is 18.9 Å². The summed E-state index contributed by atoms with van der Waals surface area (Å²) >= 11 is 0. The number of nitrogens with zero attached hydrogens (tertiary/aromatic N) is 2. The second kappa shape index (κ2) is 7.27. The molecule has 0 spiro atoms. The maximum atomic E-state index is 13.3. The summed E-state index contributed by atoms with van der Waals surface area (Å²) in [4.78, 5) is 39.9. The Kier molecular flexibility index (Phi) is 4.77. The first kappa shape index (κ1) is 19.0. The summed E-state index contributed by atoms with van der Waals surface area (Å²) in [5.41, 5.74) is 2.51. The molecule has 1 atom stereocenters. The summed E-state index contributed by atoms with van der Waals surface area (Å²) in [6.45, 7) is 2.30. The Morgan fingerprint density at radius 3 is 2.52 bits per heavy atom. The van der Waals surface area contributed by atoms with Crippen LogP contribution in [-0.4, -0.2) is 30.8 Å². The lowest BCUT2D eigenvalue weighted by Crippen LogP contribution is -2.28. The van der Waals surface area contributed by atoms with Crippen molar-refractivity contribution in [3.63, 3.8) is 0 Å². The normalized spacial score (nSPS) is 18.2. The van der Waals surface area contributed by atoms with Gasteiger partial charge in [0.2, 0.25) is 17.7 Å². The molecule has 29 heavy (non-hydrogen) atoms. The zero-order valence-corrected chi connectivity index (χ0v) is 15.7. The summed E-state index contributed by atoms with van der Waals surface area (Å²) in [6.07, 6.45) is 0.722. The molecule has 8 heteroatoms. The highest BCUT2D eigenvalue weighted by molar-refractivity contribution is 6.04. The van der Waals surface area contributed by atoms with Crippen LogP contribution in [0.4, 0.5) is 25.8 Å². The number of amides is 3. The Balaban J connectivity index is 1.48. The minimum absolute atomic E-state index is 0.0141. The molecule has 2 aromatic rings. The Labute approximate surface area is 166 Å². The smallest absolute Gasteiger partial charge is 0.229 e. The van der Waals surface area contributed by atoms with Gasteiger partial charge in [-0.1, -0.05) is 0 Å². The van der Waals surface area contributed by atoms with E-state index in [1.165, 1.54) is 11.8 Å². The number of halogens is 2. The molecule has 0 aromatic heterocycles. The van der Waals surface area contributed by atoms with Crippen molar-refractivity contribution in [1.29, 1.82) is 0 Å². The predicted octanol–water partition coefficient (Wildman–Crippen LogP) is 2.87. The Bertz CT molecular complexity index is 1000. The van der Waals surface area contributed by atoms with Crippen molar-refractivity contribution >= 4 is 34.8 Å². The standard InChI is InChI=1S/C21H19F2N3O3/c1-12(27)25-5-4-13-6-18(2-3-19(13)25)26-11-14(7-20(26)28)21(29)24-17-9-15(22)8-16(23)10-17/h2-3,6,8-10,14H,4-5,7,11H2,1H3,(H,24,29)/t14-/m1/s1. The second-order valence-corrected chi connectivity index (χ2v) is 7.29. The van der Waals surface area contributed by atoms with E-state index in [0.717, 1.165) is 29.4 Å². The summed E-state index contributed by atoms with van der Waals surface area (Å²) in [6, 6.07) is 8.22. The third-order valence-corrected chi connectivity index (χ3v) is 5.28. The van der Waals surface area contributed by atoms with Crippen LogP contribution in [-0.2, 0) is 20.8 Å². The van der Waals surface area contributed by atoms with Crippen molar-refractivity contribution in [1.82, 2.24) is 0 Å². The topological polar surface area (TPSA) is 69.7 Å². The van der Waals surface area contributed by atoms with Crippen LogP contribution >= 0.6 is 0 Å². The lowest BCUT2D eigenvalue weighted by molar-refractivity contribution is -0.122. The predicted molar refractivity (Wildman–Crippen MR) is 104 cm³/mol. The SMILES string of the molecule is CC(=O)N1CCc2cc(N3C[C@H](C(=O)Nc4cc(F)cc(F)c4)CC3=O)ccc21. The Morgan fingerprint density at radius 2 is 1.83 bits per heavy atom. The molecular formula is C21H19F2N3O3. The third kappa shape index (κ3) is 3.70. The van der Waals surface area contributed by atoms with Gasteiger partial charge in [-0.05, 0) is 42.3 Å². The summed E-state index contributed by atoms with van der Waals surface area (Å²) in [7, 11) is 0. The number of carbonyl (C=O) groups is 3. The maximum Gasteiger partial charge on any atom is 0.229 e. The van der Waals surface area contributed by atoms with Crippen molar-refractivity contribution in [2.75, 3.05) is 28.2 Å². The molecule has 1 fully saturated rings. The van der Waals surface area contributed by atoms with Gasteiger partial charge in [-0.2, -0.15) is 0 Å². The lowest BCUT2D eigenvalue weighted by atomic mass is 10.1. The Morgan fingerprint density at radius 1 is 1.10 bits per heavy atom. The molecule has 2 heterocycles. The molecule has 2 aromatic carbocycles. The van der Waals surface area contributed by atoms with Crippen LogP contribution in [0.15, 0.2) is 36.4 Å². The van der Waals surface area contributed by atoms with Gasteiger partial charge in [0.25, 0.3) is 0 Å². The number of fused-ring (bicyclic) bond motifs is 1. The number of hydrogen-bond donors (Lipinski definition) is 1. The van der Waals surface area contributed by atoms with Crippen molar-refractivity contribution in [2.45, 2.75) is 19.8 Å². The van der Waals surface area contributed by atoms with Crippen LogP contribution in [0.2, 0.25) is 0 Å². The lowest BCUT2D eigenvalue weighted by Gasteiger charge is -2.19. The molecular weight excluding hydrogens is 380 g/mol. The van der Waals surface area contributed by atoms with Crippen LogP contribution in [0.25, 0.3) is 0 Å². The summed E-state index contributed by atoms with van der Waals surface area (Å²) in [5, 5.41) is 2.48. The summed E-state index contributed by atoms with van der Waals surface area (Å²) in [5.74, 6) is -2.90. The van der Waals surface area contributed by atoms with E-state index in [2.05, 4.69) is 5.32 Å². The number of nitrogens with one attached hydrogen (secondary N) is 1. The zero-order chi connectivity index (χ0) is 20.7. The number of anilines is 3. The monoisotopic (exact) mass is 399 g/mol. The molecule has 0 bridgehead atoms. The van der Waals surface area contributed by atoms with Gasteiger partial charge in [0.1, 0.15) is 11.6 Å². The minimum Gasteiger partial charge on any atom is -0.326 e.